The molecule has 1 N–H and O–H groups in total. The van der Waals surface area contributed by atoms with E-state index in [1.807, 2.05) is 24.3 Å². The number of carbonyl (C=O) groups is 1. The van der Waals surface area contributed by atoms with Crippen LogP contribution in [-0.2, 0) is 24.1 Å². The number of hydrogen-bond donors (Lipinski definition) is 1. The van der Waals surface area contributed by atoms with Crippen molar-refractivity contribution in [1.82, 2.24) is 14.5 Å². The number of aromatic nitrogens is 2. The summed E-state index contributed by atoms with van der Waals surface area (Å²) in [4.78, 5) is 24.5. The molecule has 1 aromatic heterocycles. The van der Waals surface area contributed by atoms with E-state index in [9.17, 15) is 9.59 Å². The van der Waals surface area contributed by atoms with Crippen molar-refractivity contribution < 1.29 is 4.79 Å². The van der Waals surface area contributed by atoms with E-state index in [1.54, 1.807) is 23.4 Å². The van der Waals surface area contributed by atoms with Gasteiger partial charge in [0.25, 0.3) is 0 Å². The van der Waals surface area contributed by atoms with E-state index in [4.69, 9.17) is 0 Å². The van der Waals surface area contributed by atoms with Gasteiger partial charge in [-0.2, -0.15) is 11.8 Å². The number of imidazole rings is 1. The molecular formula is C20H23N3O2S. The molecule has 0 aliphatic heterocycles. The smallest absolute Gasteiger partial charge is 0.329 e. The molecular weight excluding hydrogens is 346 g/mol. The number of nitrogens with zero attached hydrogens (tertiary/aromatic N) is 2. The predicted octanol–water partition coefficient (Wildman–Crippen LogP) is 2.70. The highest BCUT2D eigenvalue weighted by Crippen LogP contribution is 2.13. The van der Waals surface area contributed by atoms with Crippen molar-refractivity contribution in [3.05, 3.63) is 70.1 Å². The molecule has 3 aromatic rings. The molecule has 136 valence electrons. The topological polar surface area (TPSA) is 56.0 Å². The van der Waals surface area contributed by atoms with E-state index < -0.39 is 0 Å². The maximum atomic E-state index is 12.3. The minimum absolute atomic E-state index is 0.0445. The first-order valence-corrected chi connectivity index (χ1v) is 9.76. The first-order valence-electron chi connectivity index (χ1n) is 8.60. The zero-order chi connectivity index (χ0) is 18.5. The first-order chi connectivity index (χ1) is 12.6. The SMILES string of the molecule is Cc1ccc(CSCCNC(=O)Cn2c(=O)n(C)c3ccccc32)cc1. The average molecular weight is 369 g/mol. The Balaban J connectivity index is 1.48. The molecule has 0 aliphatic rings. The summed E-state index contributed by atoms with van der Waals surface area (Å²) in [6.45, 7) is 2.71. The molecule has 0 saturated heterocycles. The third kappa shape index (κ3) is 4.19. The second-order valence-electron chi connectivity index (χ2n) is 6.30. The Labute approximate surface area is 157 Å². The number of nitrogens with one attached hydrogen (secondary N) is 1. The van der Waals surface area contributed by atoms with Crippen LogP contribution in [0.4, 0.5) is 0 Å². The molecule has 6 heteroatoms. The van der Waals surface area contributed by atoms with Crippen LogP contribution in [-0.4, -0.2) is 27.3 Å². The van der Waals surface area contributed by atoms with Crippen LogP contribution in [0.3, 0.4) is 0 Å². The minimum atomic E-state index is -0.171. The van der Waals surface area contributed by atoms with E-state index in [2.05, 4.69) is 36.5 Å². The normalized spacial score (nSPS) is 11.0. The van der Waals surface area contributed by atoms with Crippen molar-refractivity contribution >= 4 is 28.7 Å². The average Bonchev–Trinajstić information content (AvgIpc) is 2.88. The lowest BCUT2D eigenvalue weighted by Gasteiger charge is -2.07. The molecule has 1 amide bonds. The lowest BCUT2D eigenvalue weighted by molar-refractivity contribution is -0.121. The Morgan fingerprint density at radius 2 is 1.77 bits per heavy atom. The number of carbonyl (C=O) groups excluding carboxylic acids is 1. The van der Waals surface area contributed by atoms with Gasteiger partial charge in [-0.25, -0.2) is 4.79 Å². The molecule has 1 heterocycles. The summed E-state index contributed by atoms with van der Waals surface area (Å²) in [6.07, 6.45) is 0. The summed E-state index contributed by atoms with van der Waals surface area (Å²) in [5.74, 6) is 1.63. The Bertz CT molecular complexity index is 957. The number of benzene rings is 2. The number of thioether (sulfide) groups is 1. The van der Waals surface area contributed by atoms with Crippen LogP contribution in [0.5, 0.6) is 0 Å². The molecule has 2 aromatic carbocycles. The molecule has 0 bridgehead atoms. The largest absolute Gasteiger partial charge is 0.354 e. The van der Waals surface area contributed by atoms with Gasteiger partial charge in [0, 0.05) is 25.1 Å². The standard InChI is InChI=1S/C20H23N3O2S/c1-15-7-9-16(10-8-15)14-26-12-11-21-19(24)13-23-18-6-4-3-5-17(18)22(2)20(23)25/h3-10H,11-14H2,1-2H3,(H,21,24). The third-order valence-corrected chi connectivity index (χ3v) is 5.34. The van der Waals surface area contributed by atoms with Gasteiger partial charge in [0.15, 0.2) is 0 Å². The Morgan fingerprint density at radius 3 is 2.50 bits per heavy atom. The second kappa shape index (κ2) is 8.27. The van der Waals surface area contributed by atoms with Crippen molar-refractivity contribution in [2.75, 3.05) is 12.3 Å². The second-order valence-corrected chi connectivity index (χ2v) is 7.41. The van der Waals surface area contributed by atoms with Gasteiger partial charge in [-0.1, -0.05) is 42.0 Å². The summed E-state index contributed by atoms with van der Waals surface area (Å²) >= 11 is 1.78. The van der Waals surface area contributed by atoms with Gasteiger partial charge in [-0.3, -0.25) is 13.9 Å². The molecule has 0 spiro atoms. The highest BCUT2D eigenvalue weighted by molar-refractivity contribution is 7.98. The Morgan fingerprint density at radius 1 is 1.08 bits per heavy atom. The fourth-order valence-corrected chi connectivity index (χ4v) is 3.67. The van der Waals surface area contributed by atoms with E-state index in [0.29, 0.717) is 6.54 Å². The predicted molar refractivity (Wildman–Crippen MR) is 108 cm³/mol. The zero-order valence-corrected chi connectivity index (χ0v) is 15.9. The third-order valence-electron chi connectivity index (χ3n) is 4.31. The lowest BCUT2D eigenvalue weighted by atomic mass is 10.2. The zero-order valence-electron chi connectivity index (χ0n) is 15.1. The monoisotopic (exact) mass is 369 g/mol. The number of aryl methyl sites for hydroxylation is 2. The van der Waals surface area contributed by atoms with Crippen molar-refractivity contribution in [2.24, 2.45) is 7.05 Å². The van der Waals surface area contributed by atoms with Crippen LogP contribution >= 0.6 is 11.8 Å². The van der Waals surface area contributed by atoms with Crippen LogP contribution in [0.1, 0.15) is 11.1 Å². The van der Waals surface area contributed by atoms with Gasteiger partial charge in [-0.05, 0) is 24.6 Å². The summed E-state index contributed by atoms with van der Waals surface area (Å²) < 4.78 is 3.09. The quantitative estimate of drug-likeness (QED) is 0.652. The molecule has 0 radical (unpaired) electrons. The number of amides is 1. The molecule has 0 atom stereocenters. The van der Waals surface area contributed by atoms with Gasteiger partial charge in [0.05, 0.1) is 11.0 Å². The van der Waals surface area contributed by atoms with Crippen LogP contribution < -0.4 is 11.0 Å². The Kier molecular flexibility index (Phi) is 5.83. The number of rotatable bonds is 7. The van der Waals surface area contributed by atoms with Gasteiger partial charge < -0.3 is 5.32 Å². The molecule has 0 unspecified atom stereocenters. The highest BCUT2D eigenvalue weighted by atomic mass is 32.2. The van der Waals surface area contributed by atoms with Crippen LogP contribution in [0.2, 0.25) is 0 Å². The Hall–Kier alpha value is -2.47. The maximum Gasteiger partial charge on any atom is 0.329 e. The molecule has 0 fully saturated rings. The van der Waals surface area contributed by atoms with Crippen LogP contribution in [0.15, 0.2) is 53.3 Å². The molecule has 0 aliphatic carbocycles. The number of para-hydroxylation sites is 2. The maximum absolute atomic E-state index is 12.3. The van der Waals surface area contributed by atoms with Crippen molar-refractivity contribution in [3.8, 4) is 0 Å². The van der Waals surface area contributed by atoms with E-state index >= 15 is 0 Å². The van der Waals surface area contributed by atoms with Crippen molar-refractivity contribution in [1.29, 1.82) is 0 Å². The lowest BCUT2D eigenvalue weighted by Crippen LogP contribution is -2.33. The molecule has 3 rings (SSSR count). The minimum Gasteiger partial charge on any atom is -0.354 e. The van der Waals surface area contributed by atoms with E-state index in [-0.39, 0.29) is 18.1 Å². The summed E-state index contributed by atoms with van der Waals surface area (Å²) in [6, 6.07) is 16.0. The van der Waals surface area contributed by atoms with Crippen molar-refractivity contribution in [2.45, 2.75) is 19.2 Å². The van der Waals surface area contributed by atoms with Gasteiger partial charge in [-0.15, -0.1) is 0 Å². The summed E-state index contributed by atoms with van der Waals surface area (Å²) in [7, 11) is 1.72. The van der Waals surface area contributed by atoms with Crippen LogP contribution in [0, 0.1) is 6.92 Å². The van der Waals surface area contributed by atoms with Gasteiger partial charge >= 0.3 is 5.69 Å². The summed E-state index contributed by atoms with van der Waals surface area (Å²) in [5, 5.41) is 2.90. The summed E-state index contributed by atoms with van der Waals surface area (Å²) in [5.41, 5.74) is 3.99. The van der Waals surface area contributed by atoms with Crippen LogP contribution in [0.25, 0.3) is 11.0 Å². The fourth-order valence-electron chi connectivity index (χ4n) is 2.85. The number of fused-ring (bicyclic) bond motifs is 1. The first kappa shape index (κ1) is 18.3. The number of hydrogen-bond acceptors (Lipinski definition) is 3. The fraction of sp³-hybridized carbons (Fsp3) is 0.300. The molecule has 0 saturated carbocycles. The molecule has 5 nitrogen and oxygen atoms in total. The van der Waals surface area contributed by atoms with Gasteiger partial charge in [0.1, 0.15) is 6.54 Å². The van der Waals surface area contributed by atoms with E-state index in [1.165, 1.54) is 15.7 Å². The highest BCUT2D eigenvalue weighted by Gasteiger charge is 2.12. The van der Waals surface area contributed by atoms with Gasteiger partial charge in [0.2, 0.25) is 5.91 Å². The molecule has 26 heavy (non-hydrogen) atoms. The van der Waals surface area contributed by atoms with E-state index in [0.717, 1.165) is 22.5 Å². The van der Waals surface area contributed by atoms with Crippen molar-refractivity contribution in [3.63, 3.8) is 0 Å².